The molecule has 2 saturated carbocycles. The van der Waals surface area contributed by atoms with Gasteiger partial charge in [0, 0.05) is 0 Å². The van der Waals surface area contributed by atoms with Crippen LogP contribution in [0.25, 0.3) is 0 Å². The van der Waals surface area contributed by atoms with Gasteiger partial charge in [-0.25, -0.2) is 0 Å². The highest BCUT2D eigenvalue weighted by atomic mass is 14.4. The van der Waals surface area contributed by atoms with Crippen LogP contribution < -0.4 is 0 Å². The van der Waals surface area contributed by atoms with E-state index in [1.807, 2.05) is 0 Å². The average molecular weight is 222 g/mol. The van der Waals surface area contributed by atoms with Crippen LogP contribution >= 0.6 is 0 Å². The molecule has 94 valence electrons. The molecule has 0 spiro atoms. The molecule has 0 radical (unpaired) electrons. The summed E-state index contributed by atoms with van der Waals surface area (Å²) in [5, 5.41) is 0. The topological polar surface area (TPSA) is 0 Å². The van der Waals surface area contributed by atoms with E-state index in [1.165, 1.54) is 57.8 Å². The second-order valence-corrected chi connectivity index (χ2v) is 7.18. The van der Waals surface area contributed by atoms with Gasteiger partial charge in [0.05, 0.1) is 0 Å². The first-order valence-corrected chi connectivity index (χ1v) is 7.60. The molecule has 2 aliphatic carbocycles. The van der Waals surface area contributed by atoms with Gasteiger partial charge in [-0.2, -0.15) is 0 Å². The van der Waals surface area contributed by atoms with Gasteiger partial charge in [-0.3, -0.25) is 0 Å². The van der Waals surface area contributed by atoms with Gasteiger partial charge < -0.3 is 0 Å². The molecule has 0 amide bonds. The van der Waals surface area contributed by atoms with E-state index in [4.69, 9.17) is 0 Å². The summed E-state index contributed by atoms with van der Waals surface area (Å²) in [7, 11) is 0. The van der Waals surface area contributed by atoms with Crippen LogP contribution in [0.3, 0.4) is 0 Å². The van der Waals surface area contributed by atoms with Gasteiger partial charge in [0.2, 0.25) is 0 Å². The van der Waals surface area contributed by atoms with Crippen molar-refractivity contribution in [2.24, 2.45) is 23.2 Å². The lowest BCUT2D eigenvalue weighted by atomic mass is 9.64. The summed E-state index contributed by atoms with van der Waals surface area (Å²) in [6.45, 7) is 7.58. The monoisotopic (exact) mass is 222 g/mol. The Bertz CT molecular complexity index is 200. The summed E-state index contributed by atoms with van der Waals surface area (Å²) < 4.78 is 0. The van der Waals surface area contributed by atoms with E-state index in [1.54, 1.807) is 0 Å². The predicted molar refractivity (Wildman–Crippen MR) is 71.5 cm³/mol. The van der Waals surface area contributed by atoms with Crippen LogP contribution in [-0.2, 0) is 0 Å². The normalized spacial score (nSPS) is 42.9. The first-order chi connectivity index (χ1) is 7.60. The summed E-state index contributed by atoms with van der Waals surface area (Å²) >= 11 is 0. The van der Waals surface area contributed by atoms with Crippen LogP contribution in [0.5, 0.6) is 0 Å². The van der Waals surface area contributed by atoms with E-state index in [9.17, 15) is 0 Å². The Hall–Kier alpha value is 0. The second-order valence-electron chi connectivity index (χ2n) is 7.18. The van der Waals surface area contributed by atoms with Crippen molar-refractivity contribution >= 4 is 0 Å². The van der Waals surface area contributed by atoms with E-state index >= 15 is 0 Å². The maximum atomic E-state index is 2.61. The Morgan fingerprint density at radius 2 is 1.25 bits per heavy atom. The van der Waals surface area contributed by atoms with E-state index in [2.05, 4.69) is 20.8 Å². The molecule has 0 aromatic heterocycles. The maximum absolute atomic E-state index is 2.61. The fourth-order valence-electron chi connectivity index (χ4n) is 4.58. The molecule has 16 heavy (non-hydrogen) atoms. The molecule has 0 aliphatic heterocycles. The molecule has 0 heteroatoms. The molecule has 0 nitrogen and oxygen atoms in total. The van der Waals surface area contributed by atoms with Crippen LogP contribution in [0.4, 0.5) is 0 Å². The molecule has 2 unspecified atom stereocenters. The third-order valence-corrected chi connectivity index (χ3v) is 5.37. The summed E-state index contributed by atoms with van der Waals surface area (Å²) in [4.78, 5) is 0. The lowest BCUT2D eigenvalue weighted by Gasteiger charge is -2.41. The van der Waals surface area contributed by atoms with Gasteiger partial charge in [-0.05, 0) is 48.9 Å². The van der Waals surface area contributed by atoms with E-state index < -0.39 is 0 Å². The first-order valence-electron chi connectivity index (χ1n) is 7.60. The third-order valence-electron chi connectivity index (χ3n) is 5.37. The van der Waals surface area contributed by atoms with Crippen molar-refractivity contribution in [2.75, 3.05) is 0 Å². The van der Waals surface area contributed by atoms with Gasteiger partial charge in [0.1, 0.15) is 0 Å². The second kappa shape index (κ2) is 5.10. The minimum Gasteiger partial charge on any atom is -0.0625 e. The number of rotatable bonds is 1. The van der Waals surface area contributed by atoms with Crippen molar-refractivity contribution in [3.63, 3.8) is 0 Å². The standard InChI is InChI=1S/C16H30/c1-13-9-10-14(2)12-16(3,11-13)15-7-5-4-6-8-15/h13-15H,4-12H2,1-3H3. The van der Waals surface area contributed by atoms with E-state index in [0.717, 1.165) is 17.8 Å². The fourth-order valence-corrected chi connectivity index (χ4v) is 4.58. The number of hydrogen-bond acceptors (Lipinski definition) is 0. The molecule has 0 N–H and O–H groups in total. The van der Waals surface area contributed by atoms with Crippen molar-refractivity contribution in [1.82, 2.24) is 0 Å². The van der Waals surface area contributed by atoms with Crippen LogP contribution in [0.15, 0.2) is 0 Å². The quantitative estimate of drug-likeness (QED) is 0.520. The summed E-state index contributed by atoms with van der Waals surface area (Å²) in [6, 6.07) is 0. The molecule has 0 aromatic rings. The third kappa shape index (κ3) is 2.81. The van der Waals surface area contributed by atoms with Gasteiger partial charge in [-0.15, -0.1) is 0 Å². The van der Waals surface area contributed by atoms with Crippen molar-refractivity contribution in [1.29, 1.82) is 0 Å². The van der Waals surface area contributed by atoms with Gasteiger partial charge in [0.25, 0.3) is 0 Å². The lowest BCUT2D eigenvalue weighted by Crippen LogP contribution is -2.31. The zero-order valence-electron chi connectivity index (χ0n) is 11.6. The Morgan fingerprint density at radius 1 is 0.750 bits per heavy atom. The highest BCUT2D eigenvalue weighted by Gasteiger charge is 2.38. The van der Waals surface area contributed by atoms with Crippen LogP contribution in [-0.4, -0.2) is 0 Å². The molecular weight excluding hydrogens is 192 g/mol. The van der Waals surface area contributed by atoms with Crippen molar-refractivity contribution in [3.05, 3.63) is 0 Å². The molecule has 0 bridgehead atoms. The van der Waals surface area contributed by atoms with Gasteiger partial charge in [-0.1, -0.05) is 52.9 Å². The Kier molecular flexibility index (Phi) is 3.97. The first kappa shape index (κ1) is 12.5. The Morgan fingerprint density at radius 3 is 1.75 bits per heavy atom. The summed E-state index contributed by atoms with van der Waals surface area (Å²) in [5.74, 6) is 2.98. The Labute approximate surface area is 102 Å². The molecule has 0 saturated heterocycles. The summed E-state index contributed by atoms with van der Waals surface area (Å²) in [6.07, 6.45) is 13.5. The molecule has 0 aromatic carbocycles. The average Bonchev–Trinajstić information content (AvgIpc) is 2.40. The summed E-state index contributed by atoms with van der Waals surface area (Å²) in [5.41, 5.74) is 0.676. The maximum Gasteiger partial charge on any atom is -0.0292 e. The molecule has 2 aliphatic rings. The highest BCUT2D eigenvalue weighted by molar-refractivity contribution is 4.89. The molecule has 2 atom stereocenters. The van der Waals surface area contributed by atoms with Crippen LogP contribution in [0, 0.1) is 23.2 Å². The minimum absolute atomic E-state index is 0.676. The predicted octanol–water partition coefficient (Wildman–Crippen LogP) is 5.42. The van der Waals surface area contributed by atoms with E-state index in [-0.39, 0.29) is 0 Å². The fraction of sp³-hybridized carbons (Fsp3) is 1.00. The molecule has 2 fully saturated rings. The zero-order chi connectivity index (χ0) is 11.6. The van der Waals surface area contributed by atoms with Crippen molar-refractivity contribution in [2.45, 2.75) is 78.6 Å². The minimum atomic E-state index is 0.676. The van der Waals surface area contributed by atoms with Crippen molar-refractivity contribution in [3.8, 4) is 0 Å². The SMILES string of the molecule is CC1CCC(C)CC(C)(C2CCCCC2)C1. The lowest BCUT2D eigenvalue weighted by molar-refractivity contribution is 0.0912. The largest absolute Gasteiger partial charge is 0.0625 e. The molecular formula is C16H30. The van der Waals surface area contributed by atoms with Gasteiger partial charge >= 0.3 is 0 Å². The van der Waals surface area contributed by atoms with Crippen molar-refractivity contribution < 1.29 is 0 Å². The molecule has 0 heterocycles. The number of hydrogen-bond donors (Lipinski definition) is 0. The zero-order valence-corrected chi connectivity index (χ0v) is 11.6. The highest BCUT2D eigenvalue weighted by Crippen LogP contribution is 2.49. The van der Waals surface area contributed by atoms with Gasteiger partial charge in [0.15, 0.2) is 0 Å². The molecule has 2 rings (SSSR count). The van der Waals surface area contributed by atoms with Crippen LogP contribution in [0.2, 0.25) is 0 Å². The Balaban J connectivity index is 2.06. The van der Waals surface area contributed by atoms with Crippen LogP contribution in [0.1, 0.15) is 78.6 Å². The van der Waals surface area contributed by atoms with E-state index in [0.29, 0.717) is 5.41 Å². The smallest absolute Gasteiger partial charge is 0.0292 e.